The minimum absolute atomic E-state index is 0.173. The molecule has 3 nitrogen and oxygen atoms in total. The van der Waals surface area contributed by atoms with E-state index < -0.39 is 9.84 Å². The Balaban J connectivity index is 3.60. The number of sulfone groups is 1. The molecule has 0 spiro atoms. The van der Waals surface area contributed by atoms with E-state index in [2.05, 4.69) is 0 Å². The maximum atomic E-state index is 10.8. The maximum Gasteiger partial charge on any atom is 0.147 e. The van der Waals surface area contributed by atoms with Crippen LogP contribution in [0.25, 0.3) is 0 Å². The van der Waals surface area contributed by atoms with Crippen molar-refractivity contribution in [3.63, 3.8) is 0 Å². The van der Waals surface area contributed by atoms with Gasteiger partial charge in [0.15, 0.2) is 0 Å². The van der Waals surface area contributed by atoms with E-state index in [0.717, 1.165) is 6.42 Å². The van der Waals surface area contributed by atoms with E-state index in [4.69, 9.17) is 0 Å². The lowest BCUT2D eigenvalue weighted by atomic mass is 10.0. The van der Waals surface area contributed by atoms with Crippen LogP contribution in [0.15, 0.2) is 0 Å². The minimum Gasteiger partial charge on any atom is -0.300 e. The average molecular weight is 206 g/mol. The molecule has 0 aliphatic heterocycles. The number of ketones is 1. The van der Waals surface area contributed by atoms with E-state index >= 15 is 0 Å². The predicted molar refractivity (Wildman–Crippen MR) is 53.4 cm³/mol. The van der Waals surface area contributed by atoms with Gasteiger partial charge in [0.1, 0.15) is 15.6 Å². The molecule has 0 aromatic rings. The van der Waals surface area contributed by atoms with Gasteiger partial charge in [0.05, 0.1) is 0 Å². The third kappa shape index (κ3) is 9.53. The Bertz CT molecular complexity index is 254. The van der Waals surface area contributed by atoms with Gasteiger partial charge in [0, 0.05) is 18.4 Å². The normalized spacial score (nSPS) is 14.1. The third-order valence-electron chi connectivity index (χ3n) is 1.85. The molecule has 0 aromatic heterocycles. The van der Waals surface area contributed by atoms with Crippen molar-refractivity contribution in [2.24, 2.45) is 5.92 Å². The molecule has 13 heavy (non-hydrogen) atoms. The summed E-state index contributed by atoms with van der Waals surface area (Å²) in [5.74, 6) is 0.709. The van der Waals surface area contributed by atoms with Gasteiger partial charge in [-0.15, -0.1) is 0 Å². The summed E-state index contributed by atoms with van der Waals surface area (Å²) in [6, 6.07) is 0. The lowest BCUT2D eigenvalue weighted by Crippen LogP contribution is -2.07. The number of carbonyl (C=O) groups is 1. The van der Waals surface area contributed by atoms with E-state index in [1.165, 1.54) is 6.26 Å². The van der Waals surface area contributed by atoms with Crippen molar-refractivity contribution < 1.29 is 13.2 Å². The van der Waals surface area contributed by atoms with Crippen molar-refractivity contribution in [1.29, 1.82) is 0 Å². The summed E-state index contributed by atoms with van der Waals surface area (Å²) in [5, 5.41) is 0. The van der Waals surface area contributed by atoms with Gasteiger partial charge < -0.3 is 4.79 Å². The van der Waals surface area contributed by atoms with Crippen LogP contribution in [0.5, 0.6) is 0 Å². The molecule has 1 unspecified atom stereocenters. The zero-order valence-electron chi connectivity index (χ0n) is 8.54. The predicted octanol–water partition coefficient (Wildman–Crippen LogP) is 1.43. The highest BCUT2D eigenvalue weighted by Gasteiger charge is 2.07. The first kappa shape index (κ1) is 12.6. The van der Waals surface area contributed by atoms with Gasteiger partial charge in [-0.1, -0.05) is 6.92 Å². The van der Waals surface area contributed by atoms with E-state index in [1.54, 1.807) is 6.92 Å². The zero-order valence-corrected chi connectivity index (χ0v) is 9.36. The Hall–Kier alpha value is -0.380. The van der Waals surface area contributed by atoms with Crippen molar-refractivity contribution in [2.45, 2.75) is 33.1 Å². The molecule has 0 saturated heterocycles. The summed E-state index contributed by atoms with van der Waals surface area (Å²) >= 11 is 0. The van der Waals surface area contributed by atoms with Crippen LogP contribution in [0, 0.1) is 5.92 Å². The Morgan fingerprint density at radius 2 is 1.92 bits per heavy atom. The molecule has 0 heterocycles. The number of rotatable bonds is 6. The van der Waals surface area contributed by atoms with Gasteiger partial charge in [-0.25, -0.2) is 8.42 Å². The molecular weight excluding hydrogens is 188 g/mol. The highest BCUT2D eigenvalue weighted by atomic mass is 32.2. The van der Waals surface area contributed by atoms with Gasteiger partial charge in [0.25, 0.3) is 0 Å². The van der Waals surface area contributed by atoms with E-state index in [9.17, 15) is 13.2 Å². The SMILES string of the molecule is CC(=O)CC(C)CCCS(C)(=O)=O. The highest BCUT2D eigenvalue weighted by molar-refractivity contribution is 7.90. The van der Waals surface area contributed by atoms with Gasteiger partial charge in [-0.2, -0.15) is 0 Å². The van der Waals surface area contributed by atoms with Crippen LogP contribution in [0.3, 0.4) is 0 Å². The van der Waals surface area contributed by atoms with Crippen LogP contribution in [0.4, 0.5) is 0 Å². The third-order valence-corrected chi connectivity index (χ3v) is 2.88. The van der Waals surface area contributed by atoms with Gasteiger partial charge in [0.2, 0.25) is 0 Å². The van der Waals surface area contributed by atoms with E-state index in [1.807, 2.05) is 6.92 Å². The smallest absolute Gasteiger partial charge is 0.147 e. The van der Waals surface area contributed by atoms with Crippen LogP contribution in [0.2, 0.25) is 0 Å². The number of carbonyl (C=O) groups excluding carboxylic acids is 1. The monoisotopic (exact) mass is 206 g/mol. The first-order valence-corrected chi connectivity index (χ1v) is 6.54. The minimum atomic E-state index is -2.83. The van der Waals surface area contributed by atoms with Crippen molar-refractivity contribution >= 4 is 15.6 Å². The second-order valence-electron chi connectivity index (χ2n) is 3.78. The molecule has 0 rings (SSSR count). The van der Waals surface area contributed by atoms with Gasteiger partial charge in [-0.05, 0) is 25.7 Å². The summed E-state index contributed by atoms with van der Waals surface area (Å²) in [6.45, 7) is 3.54. The van der Waals surface area contributed by atoms with Crippen molar-refractivity contribution in [3.05, 3.63) is 0 Å². The largest absolute Gasteiger partial charge is 0.300 e. The standard InChI is InChI=1S/C9H18O3S/c1-8(7-9(2)10)5-4-6-13(3,11)12/h8H,4-7H2,1-3H3. The molecular formula is C9H18O3S. The summed E-state index contributed by atoms with van der Waals surface area (Å²) in [7, 11) is -2.83. The van der Waals surface area contributed by atoms with Crippen LogP contribution in [-0.2, 0) is 14.6 Å². The number of hydrogen-bond acceptors (Lipinski definition) is 3. The van der Waals surface area contributed by atoms with E-state index in [0.29, 0.717) is 18.8 Å². The Labute approximate surface area is 80.4 Å². The fourth-order valence-corrected chi connectivity index (χ4v) is 1.98. The average Bonchev–Trinajstić information content (AvgIpc) is 1.81. The molecule has 0 fully saturated rings. The van der Waals surface area contributed by atoms with E-state index in [-0.39, 0.29) is 11.5 Å². The zero-order chi connectivity index (χ0) is 10.5. The maximum absolute atomic E-state index is 10.8. The molecule has 0 saturated carbocycles. The van der Waals surface area contributed by atoms with Crippen molar-refractivity contribution in [2.75, 3.05) is 12.0 Å². The van der Waals surface area contributed by atoms with Crippen LogP contribution < -0.4 is 0 Å². The fraction of sp³-hybridized carbons (Fsp3) is 0.889. The van der Waals surface area contributed by atoms with Crippen LogP contribution >= 0.6 is 0 Å². The Morgan fingerprint density at radius 1 is 1.38 bits per heavy atom. The Morgan fingerprint density at radius 3 is 2.31 bits per heavy atom. The second-order valence-corrected chi connectivity index (χ2v) is 6.04. The highest BCUT2D eigenvalue weighted by Crippen LogP contribution is 2.11. The van der Waals surface area contributed by atoms with Gasteiger partial charge in [-0.3, -0.25) is 0 Å². The number of hydrogen-bond donors (Lipinski definition) is 0. The fourth-order valence-electron chi connectivity index (χ4n) is 1.29. The van der Waals surface area contributed by atoms with Crippen LogP contribution in [-0.4, -0.2) is 26.2 Å². The Kier molecular flexibility index (Phi) is 5.21. The molecule has 0 aliphatic rings. The van der Waals surface area contributed by atoms with Crippen molar-refractivity contribution in [1.82, 2.24) is 0 Å². The lowest BCUT2D eigenvalue weighted by Gasteiger charge is -2.07. The first-order valence-electron chi connectivity index (χ1n) is 4.48. The summed E-state index contributed by atoms with van der Waals surface area (Å²) < 4.78 is 21.5. The summed E-state index contributed by atoms with van der Waals surface area (Å²) in [4.78, 5) is 10.7. The molecule has 4 heteroatoms. The molecule has 1 atom stereocenters. The topological polar surface area (TPSA) is 51.2 Å². The number of Topliss-reactive ketones (excluding diaryl/α,β-unsaturated/α-hetero) is 1. The molecule has 0 aromatic carbocycles. The quantitative estimate of drug-likeness (QED) is 0.660. The molecule has 0 aliphatic carbocycles. The summed E-state index contributed by atoms with van der Waals surface area (Å²) in [5.41, 5.74) is 0. The van der Waals surface area contributed by atoms with Crippen molar-refractivity contribution in [3.8, 4) is 0 Å². The second kappa shape index (κ2) is 5.37. The lowest BCUT2D eigenvalue weighted by molar-refractivity contribution is -0.117. The molecule has 0 bridgehead atoms. The molecule has 0 amide bonds. The first-order chi connectivity index (χ1) is 5.81. The summed E-state index contributed by atoms with van der Waals surface area (Å²) in [6.07, 6.45) is 3.27. The molecule has 78 valence electrons. The molecule has 0 N–H and O–H groups in total. The van der Waals surface area contributed by atoms with Gasteiger partial charge >= 0.3 is 0 Å². The van der Waals surface area contributed by atoms with Crippen LogP contribution in [0.1, 0.15) is 33.1 Å². The molecule has 0 radical (unpaired) electrons.